The van der Waals surface area contributed by atoms with E-state index in [1.54, 1.807) is 0 Å². The highest BCUT2D eigenvalue weighted by Crippen LogP contribution is 2.38. The Morgan fingerprint density at radius 2 is 1.64 bits per heavy atom. The van der Waals surface area contributed by atoms with Gasteiger partial charge in [0.1, 0.15) is 6.10 Å². The van der Waals surface area contributed by atoms with Crippen molar-refractivity contribution in [2.75, 3.05) is 0 Å². The van der Waals surface area contributed by atoms with Gasteiger partial charge in [-0.3, -0.25) is 4.79 Å². The van der Waals surface area contributed by atoms with Crippen molar-refractivity contribution in [2.45, 2.75) is 61.0 Å². The molecule has 0 spiro atoms. The highest BCUT2D eigenvalue weighted by Gasteiger charge is 2.39. The van der Waals surface area contributed by atoms with E-state index in [0.717, 1.165) is 6.42 Å². The van der Waals surface area contributed by atoms with Gasteiger partial charge in [-0.2, -0.15) is 0 Å². The van der Waals surface area contributed by atoms with E-state index in [1.807, 2.05) is 0 Å². The van der Waals surface area contributed by atoms with Gasteiger partial charge in [-0.05, 0) is 11.8 Å². The molecule has 0 N–H and O–H groups in total. The fourth-order valence-electron chi connectivity index (χ4n) is 1.86. The molecule has 0 heterocycles. The molecule has 0 radical (unpaired) electrons. The van der Waals surface area contributed by atoms with Crippen molar-refractivity contribution in [3.05, 3.63) is 0 Å². The van der Waals surface area contributed by atoms with Gasteiger partial charge in [0.25, 0.3) is 0 Å². The molecule has 0 saturated carbocycles. The average Bonchev–Trinajstić information content (AvgIpc) is 1.98. The van der Waals surface area contributed by atoms with Crippen LogP contribution in [-0.4, -0.2) is 12.1 Å². The van der Waals surface area contributed by atoms with Crippen LogP contribution in [0.15, 0.2) is 0 Å². The summed E-state index contributed by atoms with van der Waals surface area (Å²) in [5.41, 5.74) is 0.0229. The minimum absolute atomic E-state index is 0.00875. The second kappa shape index (κ2) is 4.33. The molecule has 1 unspecified atom stereocenters. The van der Waals surface area contributed by atoms with Crippen molar-refractivity contribution in [1.82, 2.24) is 0 Å². The Morgan fingerprint density at radius 3 is 1.86 bits per heavy atom. The van der Waals surface area contributed by atoms with Gasteiger partial charge in [0, 0.05) is 12.3 Å². The highest BCUT2D eigenvalue weighted by molar-refractivity contribution is 5.66. The van der Waals surface area contributed by atoms with Gasteiger partial charge in [0.05, 0.1) is 0 Å². The van der Waals surface area contributed by atoms with Crippen molar-refractivity contribution < 1.29 is 9.53 Å². The van der Waals surface area contributed by atoms with Crippen LogP contribution in [0.3, 0.4) is 0 Å². The van der Waals surface area contributed by atoms with Crippen LogP contribution in [0.25, 0.3) is 0 Å². The first kappa shape index (κ1) is 13.5. The quantitative estimate of drug-likeness (QED) is 0.653. The van der Waals surface area contributed by atoms with Gasteiger partial charge in [-0.15, -0.1) is 0 Å². The lowest BCUT2D eigenvalue weighted by Crippen LogP contribution is -2.42. The molecule has 2 nitrogen and oxygen atoms in total. The van der Waals surface area contributed by atoms with Crippen molar-refractivity contribution in [2.24, 2.45) is 10.8 Å². The Balaban J connectivity index is 4.82. The van der Waals surface area contributed by atoms with Gasteiger partial charge in [-0.25, -0.2) is 0 Å². The minimum atomic E-state index is -0.188. The van der Waals surface area contributed by atoms with Gasteiger partial charge >= 0.3 is 5.97 Å². The molecule has 0 aromatic heterocycles. The van der Waals surface area contributed by atoms with Crippen LogP contribution >= 0.6 is 0 Å². The van der Waals surface area contributed by atoms with Crippen LogP contribution in [0.1, 0.15) is 54.9 Å². The van der Waals surface area contributed by atoms with Crippen LogP contribution < -0.4 is 0 Å². The van der Waals surface area contributed by atoms with E-state index >= 15 is 0 Å². The number of esters is 1. The van der Waals surface area contributed by atoms with E-state index in [1.165, 1.54) is 6.92 Å². The second-order valence-corrected chi connectivity index (χ2v) is 5.70. The average molecular weight is 200 g/mol. The molecule has 0 fully saturated rings. The first-order chi connectivity index (χ1) is 6.11. The molecule has 14 heavy (non-hydrogen) atoms. The molecule has 0 aliphatic heterocycles. The predicted molar refractivity (Wildman–Crippen MR) is 59.1 cm³/mol. The van der Waals surface area contributed by atoms with Crippen molar-refractivity contribution in [3.63, 3.8) is 0 Å². The lowest BCUT2D eigenvalue weighted by Gasteiger charge is -2.41. The summed E-state index contributed by atoms with van der Waals surface area (Å²) in [6, 6.07) is 0. The molecule has 0 bridgehead atoms. The zero-order chi connectivity index (χ0) is 11.6. The Morgan fingerprint density at radius 1 is 1.21 bits per heavy atom. The summed E-state index contributed by atoms with van der Waals surface area (Å²) in [5.74, 6) is -0.188. The number of hydrogen-bond acceptors (Lipinski definition) is 2. The Labute approximate surface area is 88.0 Å². The largest absolute Gasteiger partial charge is 0.461 e. The zero-order valence-electron chi connectivity index (χ0n) is 10.6. The molecule has 0 aliphatic rings. The lowest BCUT2D eigenvalue weighted by atomic mass is 9.71. The molecule has 1 atom stereocenters. The van der Waals surface area contributed by atoms with Crippen LogP contribution in [0.5, 0.6) is 0 Å². The van der Waals surface area contributed by atoms with E-state index in [-0.39, 0.29) is 22.9 Å². The molecule has 0 aliphatic carbocycles. The van der Waals surface area contributed by atoms with Crippen LogP contribution in [0.4, 0.5) is 0 Å². The SMILES string of the molecule is CCC(C)(C)C(OC(C)=O)C(C)(C)C. The van der Waals surface area contributed by atoms with E-state index < -0.39 is 0 Å². The van der Waals surface area contributed by atoms with E-state index in [9.17, 15) is 4.79 Å². The molecule has 0 amide bonds. The fourth-order valence-corrected chi connectivity index (χ4v) is 1.86. The predicted octanol–water partition coefficient (Wildman–Crippen LogP) is 3.40. The molecule has 2 heteroatoms. The molecule has 0 saturated heterocycles. The fraction of sp³-hybridized carbons (Fsp3) is 0.917. The molecule has 0 rings (SSSR count). The van der Waals surface area contributed by atoms with Gasteiger partial charge in [0.2, 0.25) is 0 Å². The number of ether oxygens (including phenoxy) is 1. The molecule has 0 aromatic carbocycles. The summed E-state index contributed by atoms with van der Waals surface area (Å²) in [7, 11) is 0. The van der Waals surface area contributed by atoms with Crippen LogP contribution in [0.2, 0.25) is 0 Å². The standard InChI is InChI=1S/C12H24O2/c1-8-12(6,7)10(11(3,4)5)14-9(2)13/h10H,8H2,1-7H3. The van der Waals surface area contributed by atoms with Crippen molar-refractivity contribution in [3.8, 4) is 0 Å². The van der Waals surface area contributed by atoms with Crippen LogP contribution in [0, 0.1) is 10.8 Å². The monoisotopic (exact) mass is 200 g/mol. The molecule has 0 aromatic rings. The first-order valence-corrected chi connectivity index (χ1v) is 5.28. The summed E-state index contributed by atoms with van der Waals surface area (Å²) >= 11 is 0. The van der Waals surface area contributed by atoms with E-state index in [0.29, 0.717) is 0 Å². The molecule has 84 valence electrons. The van der Waals surface area contributed by atoms with Crippen LogP contribution in [-0.2, 0) is 9.53 Å². The summed E-state index contributed by atoms with van der Waals surface area (Å²) in [5, 5.41) is 0. The maximum absolute atomic E-state index is 11.0. The highest BCUT2D eigenvalue weighted by atomic mass is 16.5. The Hall–Kier alpha value is -0.530. The molecular formula is C12H24O2. The normalized spacial score (nSPS) is 15.1. The third kappa shape index (κ3) is 3.69. The maximum atomic E-state index is 11.0. The zero-order valence-corrected chi connectivity index (χ0v) is 10.6. The van der Waals surface area contributed by atoms with Gasteiger partial charge in [0.15, 0.2) is 0 Å². The number of rotatable bonds is 3. The summed E-state index contributed by atoms with van der Waals surface area (Å²) in [6.07, 6.45) is 0.972. The third-order valence-electron chi connectivity index (χ3n) is 2.69. The van der Waals surface area contributed by atoms with Crippen molar-refractivity contribution >= 4 is 5.97 Å². The van der Waals surface area contributed by atoms with E-state index in [4.69, 9.17) is 4.74 Å². The smallest absolute Gasteiger partial charge is 0.302 e. The summed E-state index contributed by atoms with van der Waals surface area (Å²) in [6.45, 7) is 14.2. The number of carbonyl (C=O) groups is 1. The lowest BCUT2D eigenvalue weighted by molar-refractivity contribution is -0.162. The van der Waals surface area contributed by atoms with Crippen molar-refractivity contribution in [1.29, 1.82) is 0 Å². The summed E-state index contributed by atoms with van der Waals surface area (Å²) < 4.78 is 5.43. The topological polar surface area (TPSA) is 26.3 Å². The maximum Gasteiger partial charge on any atom is 0.302 e. The van der Waals surface area contributed by atoms with Gasteiger partial charge < -0.3 is 4.74 Å². The Kier molecular flexibility index (Phi) is 4.16. The van der Waals surface area contributed by atoms with E-state index in [2.05, 4.69) is 41.5 Å². The first-order valence-electron chi connectivity index (χ1n) is 5.28. The second-order valence-electron chi connectivity index (χ2n) is 5.70. The number of carbonyl (C=O) groups excluding carboxylic acids is 1. The Bertz CT molecular complexity index is 199. The minimum Gasteiger partial charge on any atom is -0.461 e. The third-order valence-corrected chi connectivity index (χ3v) is 2.69. The summed E-state index contributed by atoms with van der Waals surface area (Å²) in [4.78, 5) is 11.0. The van der Waals surface area contributed by atoms with Gasteiger partial charge in [-0.1, -0.05) is 41.5 Å². The number of hydrogen-bond donors (Lipinski definition) is 0. The molecular weight excluding hydrogens is 176 g/mol.